The van der Waals surface area contributed by atoms with E-state index in [4.69, 9.17) is 0 Å². The maximum Gasteiger partial charge on any atom is 0.286 e. The van der Waals surface area contributed by atoms with Gasteiger partial charge in [0.2, 0.25) is 10.1 Å². The molecule has 1 aromatic heterocycles. The van der Waals surface area contributed by atoms with Gasteiger partial charge < -0.3 is 10.6 Å². The van der Waals surface area contributed by atoms with E-state index in [0.29, 0.717) is 10.1 Å². The first-order valence-electron chi connectivity index (χ1n) is 6.33. The van der Waals surface area contributed by atoms with Gasteiger partial charge in [-0.25, -0.2) is 0 Å². The van der Waals surface area contributed by atoms with Gasteiger partial charge in [0.15, 0.2) is 0 Å². The molecule has 0 aliphatic rings. The monoisotopic (exact) mass is 296 g/mol. The second kappa shape index (κ2) is 6.15. The van der Waals surface area contributed by atoms with E-state index in [0.717, 1.165) is 11.4 Å². The summed E-state index contributed by atoms with van der Waals surface area (Å²) in [5.74, 6) is -0.264. The number of carbonyl (C=O) groups is 1. The fourth-order valence-corrected chi connectivity index (χ4v) is 2.38. The minimum absolute atomic E-state index is 0.264. The summed E-state index contributed by atoms with van der Waals surface area (Å²) in [7, 11) is 0. The average Bonchev–Trinajstić information content (AvgIpc) is 2.98. The van der Waals surface area contributed by atoms with Gasteiger partial charge in [-0.1, -0.05) is 47.7 Å². The molecule has 3 aromatic rings. The van der Waals surface area contributed by atoms with Crippen LogP contribution < -0.4 is 10.6 Å². The van der Waals surface area contributed by atoms with E-state index < -0.39 is 0 Å². The molecule has 1 heterocycles. The zero-order chi connectivity index (χ0) is 14.5. The molecule has 1 amide bonds. The van der Waals surface area contributed by atoms with Crippen molar-refractivity contribution >= 4 is 33.8 Å². The van der Waals surface area contributed by atoms with Crippen LogP contribution in [0.1, 0.15) is 9.80 Å². The van der Waals surface area contributed by atoms with Crippen LogP contribution in [0.15, 0.2) is 60.7 Å². The smallest absolute Gasteiger partial charge is 0.286 e. The number of anilines is 3. The van der Waals surface area contributed by atoms with Crippen LogP contribution in [0, 0.1) is 0 Å². The van der Waals surface area contributed by atoms with E-state index in [1.807, 2.05) is 60.7 Å². The Morgan fingerprint density at radius 3 is 2.14 bits per heavy atom. The number of rotatable bonds is 4. The second-order valence-corrected chi connectivity index (χ2v) is 5.20. The Labute approximate surface area is 125 Å². The minimum atomic E-state index is -0.264. The topological polar surface area (TPSA) is 66.9 Å². The van der Waals surface area contributed by atoms with E-state index in [1.54, 1.807) is 0 Å². The zero-order valence-electron chi connectivity index (χ0n) is 11.0. The molecule has 0 aliphatic carbocycles. The van der Waals surface area contributed by atoms with Crippen molar-refractivity contribution in [1.29, 1.82) is 0 Å². The van der Waals surface area contributed by atoms with Gasteiger partial charge in [-0.15, -0.1) is 10.2 Å². The van der Waals surface area contributed by atoms with E-state index >= 15 is 0 Å². The van der Waals surface area contributed by atoms with Crippen LogP contribution in [0.5, 0.6) is 0 Å². The minimum Gasteiger partial charge on any atom is -0.330 e. The van der Waals surface area contributed by atoms with E-state index in [-0.39, 0.29) is 5.91 Å². The molecule has 0 saturated heterocycles. The Kier molecular flexibility index (Phi) is 3.88. The van der Waals surface area contributed by atoms with Gasteiger partial charge in [0.05, 0.1) is 0 Å². The Morgan fingerprint density at radius 2 is 1.48 bits per heavy atom. The molecule has 0 aliphatic heterocycles. The van der Waals surface area contributed by atoms with Crippen molar-refractivity contribution in [3.63, 3.8) is 0 Å². The maximum absolute atomic E-state index is 12.0. The van der Waals surface area contributed by atoms with Gasteiger partial charge >= 0.3 is 0 Å². The van der Waals surface area contributed by atoms with Crippen LogP contribution in [-0.2, 0) is 0 Å². The standard InChI is InChI=1S/C15H12N4OS/c20-13(16-11-7-3-1-4-8-11)14-18-19-15(21-14)17-12-9-5-2-6-10-12/h1-10H,(H,16,20)(H,17,19). The number of hydrogen-bond donors (Lipinski definition) is 2. The third-order valence-electron chi connectivity index (χ3n) is 2.68. The zero-order valence-corrected chi connectivity index (χ0v) is 11.8. The van der Waals surface area contributed by atoms with Gasteiger partial charge in [0, 0.05) is 11.4 Å². The number of para-hydroxylation sites is 2. The number of hydrogen-bond acceptors (Lipinski definition) is 5. The number of aromatic nitrogens is 2. The Balaban J connectivity index is 1.68. The molecule has 0 spiro atoms. The first-order valence-corrected chi connectivity index (χ1v) is 7.15. The molecular formula is C15H12N4OS. The lowest BCUT2D eigenvalue weighted by molar-refractivity contribution is 0.102. The quantitative estimate of drug-likeness (QED) is 0.773. The lowest BCUT2D eigenvalue weighted by Crippen LogP contribution is -2.11. The van der Waals surface area contributed by atoms with Crippen molar-refractivity contribution in [3.8, 4) is 0 Å². The van der Waals surface area contributed by atoms with E-state index in [2.05, 4.69) is 20.8 Å². The molecule has 0 unspecified atom stereocenters. The summed E-state index contributed by atoms with van der Waals surface area (Å²) in [4.78, 5) is 12.0. The summed E-state index contributed by atoms with van der Waals surface area (Å²) in [5, 5.41) is 14.7. The SMILES string of the molecule is O=C(Nc1ccccc1)c1nnc(Nc2ccccc2)s1. The normalized spacial score (nSPS) is 10.1. The Bertz CT molecular complexity index is 728. The van der Waals surface area contributed by atoms with Gasteiger partial charge in [0.25, 0.3) is 5.91 Å². The summed E-state index contributed by atoms with van der Waals surface area (Å²) in [6.07, 6.45) is 0. The molecule has 0 radical (unpaired) electrons. The number of benzene rings is 2. The molecular weight excluding hydrogens is 284 g/mol. The molecule has 2 N–H and O–H groups in total. The van der Waals surface area contributed by atoms with Crippen molar-refractivity contribution in [2.75, 3.05) is 10.6 Å². The van der Waals surface area contributed by atoms with Crippen molar-refractivity contribution in [2.45, 2.75) is 0 Å². The molecule has 5 nitrogen and oxygen atoms in total. The number of amides is 1. The van der Waals surface area contributed by atoms with Crippen LogP contribution in [0.4, 0.5) is 16.5 Å². The molecule has 2 aromatic carbocycles. The highest BCUT2D eigenvalue weighted by Gasteiger charge is 2.13. The van der Waals surface area contributed by atoms with Gasteiger partial charge in [0.1, 0.15) is 0 Å². The largest absolute Gasteiger partial charge is 0.330 e. The fourth-order valence-electron chi connectivity index (χ4n) is 1.72. The number of carbonyl (C=O) groups excluding carboxylic acids is 1. The highest BCUT2D eigenvalue weighted by Crippen LogP contribution is 2.21. The highest BCUT2D eigenvalue weighted by molar-refractivity contribution is 7.17. The first-order chi connectivity index (χ1) is 10.3. The summed E-state index contributed by atoms with van der Waals surface area (Å²) in [5.41, 5.74) is 1.64. The van der Waals surface area contributed by atoms with Gasteiger partial charge in [-0.3, -0.25) is 4.79 Å². The molecule has 0 bridgehead atoms. The van der Waals surface area contributed by atoms with Crippen LogP contribution >= 0.6 is 11.3 Å². The van der Waals surface area contributed by atoms with E-state index in [1.165, 1.54) is 11.3 Å². The maximum atomic E-state index is 12.0. The summed E-state index contributed by atoms with van der Waals surface area (Å²) in [6.45, 7) is 0. The van der Waals surface area contributed by atoms with Crippen LogP contribution in [0.25, 0.3) is 0 Å². The van der Waals surface area contributed by atoms with E-state index in [9.17, 15) is 4.79 Å². The first kappa shape index (κ1) is 13.3. The third kappa shape index (κ3) is 3.43. The van der Waals surface area contributed by atoms with Crippen LogP contribution in [0.2, 0.25) is 0 Å². The Morgan fingerprint density at radius 1 is 0.857 bits per heavy atom. The lowest BCUT2D eigenvalue weighted by atomic mass is 10.3. The number of nitrogens with one attached hydrogen (secondary N) is 2. The van der Waals surface area contributed by atoms with Crippen molar-refractivity contribution in [1.82, 2.24) is 10.2 Å². The molecule has 0 atom stereocenters. The highest BCUT2D eigenvalue weighted by atomic mass is 32.1. The van der Waals surface area contributed by atoms with Gasteiger partial charge in [-0.2, -0.15) is 0 Å². The summed E-state index contributed by atoms with van der Waals surface area (Å²) >= 11 is 1.21. The lowest BCUT2D eigenvalue weighted by Gasteiger charge is -2.01. The molecule has 104 valence electrons. The molecule has 0 saturated carbocycles. The second-order valence-electron chi connectivity index (χ2n) is 4.22. The fraction of sp³-hybridized carbons (Fsp3) is 0. The summed E-state index contributed by atoms with van der Waals surface area (Å²) in [6, 6.07) is 18.9. The van der Waals surface area contributed by atoms with Crippen LogP contribution in [0.3, 0.4) is 0 Å². The molecule has 21 heavy (non-hydrogen) atoms. The predicted molar refractivity (Wildman–Crippen MR) is 84.0 cm³/mol. The average molecular weight is 296 g/mol. The molecule has 6 heteroatoms. The predicted octanol–water partition coefficient (Wildman–Crippen LogP) is 3.53. The number of nitrogens with zero attached hydrogens (tertiary/aromatic N) is 2. The van der Waals surface area contributed by atoms with Crippen molar-refractivity contribution in [3.05, 3.63) is 65.7 Å². The molecule has 0 fully saturated rings. The third-order valence-corrected chi connectivity index (χ3v) is 3.51. The van der Waals surface area contributed by atoms with Crippen molar-refractivity contribution in [2.24, 2.45) is 0 Å². The van der Waals surface area contributed by atoms with Crippen molar-refractivity contribution < 1.29 is 4.79 Å². The van der Waals surface area contributed by atoms with Gasteiger partial charge in [-0.05, 0) is 24.3 Å². The molecule has 3 rings (SSSR count). The Hall–Kier alpha value is -2.73. The summed E-state index contributed by atoms with van der Waals surface area (Å²) < 4.78 is 0. The van der Waals surface area contributed by atoms with Crippen LogP contribution in [-0.4, -0.2) is 16.1 Å².